The minimum absolute atomic E-state index is 0.0333. The van der Waals surface area contributed by atoms with Gasteiger partial charge in [0.25, 0.3) is 11.5 Å². The maximum Gasteiger partial charge on any atom is 0.270 e. The number of pyridine rings is 1. The van der Waals surface area contributed by atoms with E-state index in [0.717, 1.165) is 23.0 Å². The summed E-state index contributed by atoms with van der Waals surface area (Å²) in [6.07, 6.45) is 0. The van der Waals surface area contributed by atoms with Crippen LogP contribution in [-0.2, 0) is 11.3 Å². The standard InChI is InChI=1S/C22H17F2N3O3/c1-27(22(29)17-6-11-4-2-3-5-16(11)25-17)19-10-30-9-18-20(19)12-7-14(23)15(24)8-13(12)21(28)26-18/h2-8,19,25H,9-10H2,1H3,(H,26,28)/t19-/m0/s1. The van der Waals surface area contributed by atoms with E-state index in [0.29, 0.717) is 17.0 Å². The molecule has 2 aromatic carbocycles. The lowest BCUT2D eigenvalue weighted by molar-refractivity contribution is 0.0333. The number of aromatic amines is 2. The first kappa shape index (κ1) is 18.5. The number of halogens is 2. The number of nitrogens with one attached hydrogen (secondary N) is 2. The van der Waals surface area contributed by atoms with Gasteiger partial charge in [-0.05, 0) is 29.7 Å². The number of carbonyl (C=O) groups is 1. The van der Waals surface area contributed by atoms with Crippen LogP contribution in [0.3, 0.4) is 0 Å². The molecule has 152 valence electrons. The van der Waals surface area contributed by atoms with E-state index in [-0.39, 0.29) is 29.9 Å². The van der Waals surface area contributed by atoms with Crippen molar-refractivity contribution in [3.05, 3.63) is 81.4 Å². The second kappa shape index (κ2) is 6.77. The maximum atomic E-state index is 14.0. The van der Waals surface area contributed by atoms with E-state index in [1.165, 1.54) is 4.90 Å². The van der Waals surface area contributed by atoms with Crippen molar-refractivity contribution in [3.8, 4) is 0 Å². The highest BCUT2D eigenvalue weighted by Crippen LogP contribution is 2.34. The molecule has 0 fully saturated rings. The molecule has 1 aliphatic rings. The van der Waals surface area contributed by atoms with Gasteiger partial charge in [0, 0.05) is 29.2 Å². The number of para-hydroxylation sites is 1. The van der Waals surface area contributed by atoms with E-state index in [4.69, 9.17) is 4.74 Å². The van der Waals surface area contributed by atoms with Crippen molar-refractivity contribution >= 4 is 27.6 Å². The van der Waals surface area contributed by atoms with Gasteiger partial charge in [-0.2, -0.15) is 0 Å². The molecule has 0 saturated carbocycles. The molecule has 1 amide bonds. The Balaban J connectivity index is 1.63. The summed E-state index contributed by atoms with van der Waals surface area (Å²) in [6.45, 7) is 0.278. The smallest absolute Gasteiger partial charge is 0.270 e. The second-order valence-electron chi connectivity index (χ2n) is 7.38. The highest BCUT2D eigenvalue weighted by atomic mass is 19.2. The molecule has 3 heterocycles. The van der Waals surface area contributed by atoms with Crippen molar-refractivity contribution < 1.29 is 18.3 Å². The van der Waals surface area contributed by atoms with Crippen LogP contribution in [0.4, 0.5) is 8.78 Å². The van der Waals surface area contributed by atoms with Crippen LogP contribution in [0, 0.1) is 11.6 Å². The molecule has 0 bridgehead atoms. The average Bonchev–Trinajstić information content (AvgIpc) is 3.18. The lowest BCUT2D eigenvalue weighted by Gasteiger charge is -2.33. The topological polar surface area (TPSA) is 78.2 Å². The van der Waals surface area contributed by atoms with Gasteiger partial charge >= 0.3 is 0 Å². The lowest BCUT2D eigenvalue weighted by atomic mass is 9.95. The predicted octanol–water partition coefficient (Wildman–Crippen LogP) is 3.63. The van der Waals surface area contributed by atoms with E-state index in [9.17, 15) is 18.4 Å². The van der Waals surface area contributed by atoms with E-state index in [2.05, 4.69) is 9.97 Å². The van der Waals surface area contributed by atoms with Crippen LogP contribution < -0.4 is 5.56 Å². The molecular weight excluding hydrogens is 392 g/mol. The molecule has 0 unspecified atom stereocenters. The van der Waals surface area contributed by atoms with Crippen LogP contribution in [-0.4, -0.2) is 34.4 Å². The first-order chi connectivity index (χ1) is 14.4. The minimum atomic E-state index is -1.10. The Morgan fingerprint density at radius 1 is 1.10 bits per heavy atom. The zero-order chi connectivity index (χ0) is 21.0. The van der Waals surface area contributed by atoms with Crippen LogP contribution in [0.2, 0.25) is 0 Å². The van der Waals surface area contributed by atoms with Gasteiger partial charge in [0.2, 0.25) is 0 Å². The van der Waals surface area contributed by atoms with Gasteiger partial charge in [-0.25, -0.2) is 8.78 Å². The number of ether oxygens (including phenoxy) is 1. The quantitative estimate of drug-likeness (QED) is 0.531. The third-order valence-electron chi connectivity index (χ3n) is 5.59. The Kier molecular flexibility index (Phi) is 4.18. The fourth-order valence-electron chi connectivity index (χ4n) is 4.07. The number of likely N-dealkylation sites (N-methyl/N-ethyl adjacent to an activating group) is 1. The number of hydrogen-bond donors (Lipinski definition) is 2. The van der Waals surface area contributed by atoms with Gasteiger partial charge in [-0.3, -0.25) is 9.59 Å². The highest BCUT2D eigenvalue weighted by molar-refractivity contribution is 5.98. The molecule has 8 heteroatoms. The molecular formula is C22H17F2N3O3. The Morgan fingerprint density at radius 3 is 2.60 bits per heavy atom. The van der Waals surface area contributed by atoms with E-state index in [1.807, 2.05) is 24.3 Å². The van der Waals surface area contributed by atoms with Gasteiger partial charge in [0.05, 0.1) is 24.6 Å². The predicted molar refractivity (Wildman–Crippen MR) is 107 cm³/mol. The van der Waals surface area contributed by atoms with Crippen molar-refractivity contribution in [1.29, 1.82) is 0 Å². The molecule has 1 aliphatic heterocycles. The summed E-state index contributed by atoms with van der Waals surface area (Å²) in [4.78, 5) is 32.8. The van der Waals surface area contributed by atoms with Crippen LogP contribution in [0.25, 0.3) is 21.7 Å². The SMILES string of the molecule is CN(C(=O)c1cc2ccccc2[nH]1)[C@H]1COCc2[nH]c(=O)c3cc(F)c(F)cc3c21. The molecule has 0 radical (unpaired) electrons. The number of rotatable bonds is 2. The van der Waals surface area contributed by atoms with Crippen LogP contribution in [0.5, 0.6) is 0 Å². The normalized spacial score (nSPS) is 16.0. The summed E-state index contributed by atoms with van der Waals surface area (Å²) in [6, 6.07) is 10.6. The highest BCUT2D eigenvalue weighted by Gasteiger charge is 2.32. The minimum Gasteiger partial charge on any atom is -0.373 e. The van der Waals surface area contributed by atoms with Crippen LogP contribution in [0.15, 0.2) is 47.3 Å². The zero-order valence-electron chi connectivity index (χ0n) is 16.0. The first-order valence-electron chi connectivity index (χ1n) is 9.40. The number of fused-ring (bicyclic) bond motifs is 4. The van der Waals surface area contributed by atoms with Crippen LogP contribution >= 0.6 is 0 Å². The molecule has 5 rings (SSSR count). The summed E-state index contributed by atoms with van der Waals surface area (Å²) in [5.74, 6) is -2.43. The van der Waals surface area contributed by atoms with Gasteiger partial charge in [0.1, 0.15) is 5.69 Å². The molecule has 0 spiro atoms. The number of hydrogen-bond acceptors (Lipinski definition) is 3. The third-order valence-corrected chi connectivity index (χ3v) is 5.59. The molecule has 0 aliphatic carbocycles. The average molecular weight is 409 g/mol. The fraction of sp³-hybridized carbons (Fsp3) is 0.182. The Hall–Kier alpha value is -3.52. The molecule has 2 aromatic heterocycles. The summed E-state index contributed by atoms with van der Waals surface area (Å²) < 4.78 is 33.4. The number of amides is 1. The maximum absolute atomic E-state index is 14.0. The molecule has 0 saturated heterocycles. The fourth-order valence-corrected chi connectivity index (χ4v) is 4.07. The van der Waals surface area contributed by atoms with Crippen LogP contribution in [0.1, 0.15) is 27.8 Å². The van der Waals surface area contributed by atoms with Crippen molar-refractivity contribution in [2.75, 3.05) is 13.7 Å². The van der Waals surface area contributed by atoms with Gasteiger partial charge < -0.3 is 19.6 Å². The van der Waals surface area contributed by atoms with Crippen molar-refractivity contribution in [2.24, 2.45) is 0 Å². The van der Waals surface area contributed by atoms with Gasteiger partial charge in [-0.1, -0.05) is 18.2 Å². The monoisotopic (exact) mass is 409 g/mol. The molecule has 1 atom stereocenters. The number of nitrogens with zero attached hydrogens (tertiary/aromatic N) is 1. The summed E-state index contributed by atoms with van der Waals surface area (Å²) >= 11 is 0. The number of carbonyl (C=O) groups excluding carboxylic acids is 1. The lowest BCUT2D eigenvalue weighted by Crippen LogP contribution is -2.37. The van der Waals surface area contributed by atoms with E-state index in [1.54, 1.807) is 13.1 Å². The summed E-state index contributed by atoms with van der Waals surface area (Å²) in [5.41, 5.74) is 1.71. The number of aromatic nitrogens is 2. The summed E-state index contributed by atoms with van der Waals surface area (Å²) in [7, 11) is 1.62. The second-order valence-corrected chi connectivity index (χ2v) is 7.38. The van der Waals surface area contributed by atoms with E-state index < -0.39 is 23.2 Å². The third kappa shape index (κ3) is 2.80. The largest absolute Gasteiger partial charge is 0.373 e. The first-order valence-corrected chi connectivity index (χ1v) is 9.40. The number of H-pyrrole nitrogens is 2. The molecule has 6 nitrogen and oxygen atoms in total. The number of benzene rings is 2. The molecule has 30 heavy (non-hydrogen) atoms. The zero-order valence-corrected chi connectivity index (χ0v) is 16.0. The Labute approximate surface area is 169 Å². The van der Waals surface area contributed by atoms with Crippen molar-refractivity contribution in [3.63, 3.8) is 0 Å². The van der Waals surface area contributed by atoms with Gasteiger partial charge in [0.15, 0.2) is 11.6 Å². The summed E-state index contributed by atoms with van der Waals surface area (Å²) in [5, 5.41) is 1.21. The van der Waals surface area contributed by atoms with E-state index >= 15 is 0 Å². The van der Waals surface area contributed by atoms with Crippen molar-refractivity contribution in [2.45, 2.75) is 12.6 Å². The molecule has 4 aromatic rings. The Bertz CT molecular complexity index is 1340. The molecule has 2 N–H and O–H groups in total. The Morgan fingerprint density at radius 2 is 1.83 bits per heavy atom. The van der Waals surface area contributed by atoms with Gasteiger partial charge in [-0.15, -0.1) is 0 Å². The van der Waals surface area contributed by atoms with Crippen molar-refractivity contribution in [1.82, 2.24) is 14.9 Å².